The summed E-state index contributed by atoms with van der Waals surface area (Å²) < 4.78 is 5.26. The van der Waals surface area contributed by atoms with E-state index in [1.54, 1.807) is 0 Å². The van der Waals surface area contributed by atoms with Crippen LogP contribution < -0.4 is 5.32 Å². The van der Waals surface area contributed by atoms with E-state index in [2.05, 4.69) is 12.2 Å². The molecule has 4 nitrogen and oxygen atoms in total. The number of morpholine rings is 1. The summed E-state index contributed by atoms with van der Waals surface area (Å²) in [4.78, 5) is 14.3. The maximum absolute atomic E-state index is 12.4. The first-order chi connectivity index (χ1) is 7.28. The maximum atomic E-state index is 12.4. The Kier molecular flexibility index (Phi) is 3.26. The third kappa shape index (κ3) is 2.01. The van der Waals surface area contributed by atoms with Gasteiger partial charge in [0.2, 0.25) is 5.91 Å². The van der Waals surface area contributed by atoms with Crippen molar-refractivity contribution in [1.82, 2.24) is 10.2 Å². The molecule has 0 saturated carbocycles. The fourth-order valence-corrected chi connectivity index (χ4v) is 2.51. The number of amides is 1. The molecule has 2 fully saturated rings. The zero-order chi connectivity index (χ0) is 10.7. The number of hydrogen-bond donors (Lipinski definition) is 1. The average molecular weight is 212 g/mol. The van der Waals surface area contributed by atoms with Crippen LogP contribution in [0.1, 0.15) is 26.2 Å². The summed E-state index contributed by atoms with van der Waals surface area (Å²) in [5, 5.41) is 3.38. The molecule has 86 valence electrons. The van der Waals surface area contributed by atoms with Gasteiger partial charge in [0.05, 0.1) is 18.8 Å². The van der Waals surface area contributed by atoms with Crippen molar-refractivity contribution in [2.75, 3.05) is 32.8 Å². The van der Waals surface area contributed by atoms with Crippen molar-refractivity contribution in [3.05, 3.63) is 0 Å². The van der Waals surface area contributed by atoms with E-state index in [0.717, 1.165) is 38.9 Å². The van der Waals surface area contributed by atoms with Crippen LogP contribution >= 0.6 is 0 Å². The molecule has 0 aliphatic carbocycles. The van der Waals surface area contributed by atoms with Gasteiger partial charge in [-0.1, -0.05) is 6.92 Å². The molecule has 2 heterocycles. The second-order valence-electron chi connectivity index (χ2n) is 4.37. The number of hydrogen-bond acceptors (Lipinski definition) is 3. The molecule has 1 unspecified atom stereocenters. The lowest BCUT2D eigenvalue weighted by Crippen LogP contribution is -2.56. The third-order valence-electron chi connectivity index (χ3n) is 3.55. The van der Waals surface area contributed by atoms with Gasteiger partial charge in [-0.25, -0.2) is 0 Å². The van der Waals surface area contributed by atoms with Crippen LogP contribution in [-0.2, 0) is 9.53 Å². The number of carbonyl (C=O) groups excluding carboxylic acids is 1. The maximum Gasteiger partial charge on any atom is 0.243 e. The number of nitrogens with one attached hydrogen (secondary N) is 1. The van der Waals surface area contributed by atoms with Gasteiger partial charge in [0.25, 0.3) is 0 Å². The minimum atomic E-state index is -0.267. The Morgan fingerprint density at radius 3 is 2.73 bits per heavy atom. The third-order valence-corrected chi connectivity index (χ3v) is 3.55. The Bertz CT molecular complexity index is 231. The van der Waals surface area contributed by atoms with E-state index < -0.39 is 0 Å². The number of ether oxygens (including phenoxy) is 1. The normalized spacial score (nSPS) is 31.9. The number of nitrogens with zero attached hydrogens (tertiary/aromatic N) is 1. The molecular weight excluding hydrogens is 192 g/mol. The summed E-state index contributed by atoms with van der Waals surface area (Å²) in [7, 11) is 0. The Morgan fingerprint density at radius 1 is 1.47 bits per heavy atom. The monoisotopic (exact) mass is 212 g/mol. The first kappa shape index (κ1) is 10.9. The molecule has 15 heavy (non-hydrogen) atoms. The van der Waals surface area contributed by atoms with E-state index in [4.69, 9.17) is 4.74 Å². The summed E-state index contributed by atoms with van der Waals surface area (Å²) in [6.07, 6.45) is 2.99. The largest absolute Gasteiger partial charge is 0.378 e. The standard InChI is InChI=1S/C11H20N2O2/c1-2-11(4-3-5-12-11)10(14)13-6-8-15-9-7-13/h12H,2-9H2,1H3. The molecule has 1 N–H and O–H groups in total. The summed E-state index contributed by atoms with van der Waals surface area (Å²) in [6, 6.07) is 0. The highest BCUT2D eigenvalue weighted by Gasteiger charge is 2.41. The Hall–Kier alpha value is -0.610. The van der Waals surface area contributed by atoms with Gasteiger partial charge in [-0.3, -0.25) is 4.79 Å². The average Bonchev–Trinajstić information content (AvgIpc) is 2.79. The molecule has 0 spiro atoms. The molecule has 2 aliphatic heterocycles. The van der Waals surface area contributed by atoms with Crippen molar-refractivity contribution < 1.29 is 9.53 Å². The van der Waals surface area contributed by atoms with Crippen molar-refractivity contribution in [3.8, 4) is 0 Å². The summed E-state index contributed by atoms with van der Waals surface area (Å²) in [5.41, 5.74) is -0.267. The first-order valence-corrected chi connectivity index (χ1v) is 5.91. The zero-order valence-corrected chi connectivity index (χ0v) is 9.42. The van der Waals surface area contributed by atoms with Crippen LogP contribution in [0.4, 0.5) is 0 Å². The Labute approximate surface area is 91.0 Å². The van der Waals surface area contributed by atoms with Crippen molar-refractivity contribution in [2.24, 2.45) is 0 Å². The van der Waals surface area contributed by atoms with Gasteiger partial charge >= 0.3 is 0 Å². The van der Waals surface area contributed by atoms with E-state index in [-0.39, 0.29) is 11.4 Å². The second-order valence-corrected chi connectivity index (χ2v) is 4.37. The lowest BCUT2D eigenvalue weighted by Gasteiger charge is -2.35. The molecule has 1 atom stereocenters. The fraction of sp³-hybridized carbons (Fsp3) is 0.909. The molecule has 1 amide bonds. The number of carbonyl (C=O) groups is 1. The minimum absolute atomic E-state index is 0.267. The van der Waals surface area contributed by atoms with E-state index >= 15 is 0 Å². The van der Waals surface area contributed by atoms with Crippen LogP contribution in [0.2, 0.25) is 0 Å². The highest BCUT2D eigenvalue weighted by atomic mass is 16.5. The summed E-state index contributed by atoms with van der Waals surface area (Å²) in [6.45, 7) is 5.95. The SMILES string of the molecule is CCC1(C(=O)N2CCOCC2)CCCN1. The lowest BCUT2D eigenvalue weighted by molar-refractivity contribution is -0.142. The van der Waals surface area contributed by atoms with E-state index in [9.17, 15) is 4.79 Å². The Balaban J connectivity index is 2.03. The summed E-state index contributed by atoms with van der Waals surface area (Å²) >= 11 is 0. The van der Waals surface area contributed by atoms with Crippen LogP contribution in [0, 0.1) is 0 Å². The smallest absolute Gasteiger partial charge is 0.243 e. The van der Waals surface area contributed by atoms with Crippen molar-refractivity contribution in [1.29, 1.82) is 0 Å². The van der Waals surface area contributed by atoms with Gasteiger partial charge in [-0.2, -0.15) is 0 Å². The fourth-order valence-electron chi connectivity index (χ4n) is 2.51. The molecule has 0 radical (unpaired) electrons. The van der Waals surface area contributed by atoms with Crippen molar-refractivity contribution >= 4 is 5.91 Å². The van der Waals surface area contributed by atoms with Gasteiger partial charge in [0.15, 0.2) is 0 Å². The van der Waals surface area contributed by atoms with Crippen molar-refractivity contribution in [3.63, 3.8) is 0 Å². The van der Waals surface area contributed by atoms with Gasteiger partial charge in [-0.15, -0.1) is 0 Å². The van der Waals surface area contributed by atoms with E-state index in [0.29, 0.717) is 13.2 Å². The zero-order valence-electron chi connectivity index (χ0n) is 9.42. The molecule has 2 aliphatic rings. The highest BCUT2D eigenvalue weighted by molar-refractivity contribution is 5.86. The van der Waals surface area contributed by atoms with Gasteiger partial charge in [-0.05, 0) is 25.8 Å². The van der Waals surface area contributed by atoms with Crippen LogP contribution in [0.25, 0.3) is 0 Å². The molecule has 2 rings (SSSR count). The molecule has 2 saturated heterocycles. The minimum Gasteiger partial charge on any atom is -0.378 e. The number of rotatable bonds is 2. The molecular formula is C11H20N2O2. The van der Waals surface area contributed by atoms with Crippen LogP contribution in [-0.4, -0.2) is 49.2 Å². The second kappa shape index (κ2) is 4.49. The highest BCUT2D eigenvalue weighted by Crippen LogP contribution is 2.25. The van der Waals surface area contributed by atoms with E-state index in [1.165, 1.54) is 0 Å². The van der Waals surface area contributed by atoms with Crippen LogP contribution in [0.5, 0.6) is 0 Å². The quantitative estimate of drug-likeness (QED) is 0.719. The first-order valence-electron chi connectivity index (χ1n) is 5.91. The molecule has 0 aromatic heterocycles. The summed E-state index contributed by atoms with van der Waals surface area (Å²) in [5.74, 6) is 0.283. The van der Waals surface area contributed by atoms with Crippen LogP contribution in [0.15, 0.2) is 0 Å². The van der Waals surface area contributed by atoms with Gasteiger partial charge < -0.3 is 15.0 Å². The van der Waals surface area contributed by atoms with E-state index in [1.807, 2.05) is 4.90 Å². The van der Waals surface area contributed by atoms with Crippen molar-refractivity contribution in [2.45, 2.75) is 31.7 Å². The van der Waals surface area contributed by atoms with Crippen LogP contribution in [0.3, 0.4) is 0 Å². The molecule has 0 aromatic carbocycles. The topological polar surface area (TPSA) is 41.6 Å². The molecule has 0 bridgehead atoms. The van der Waals surface area contributed by atoms with Gasteiger partial charge in [0.1, 0.15) is 0 Å². The predicted octanol–water partition coefficient (Wildman–Crippen LogP) is 0.377. The van der Waals surface area contributed by atoms with Gasteiger partial charge in [0, 0.05) is 13.1 Å². The molecule has 0 aromatic rings. The Morgan fingerprint density at radius 2 is 2.20 bits per heavy atom. The molecule has 4 heteroatoms. The predicted molar refractivity (Wildman–Crippen MR) is 57.7 cm³/mol. The lowest BCUT2D eigenvalue weighted by atomic mass is 9.92.